The first kappa shape index (κ1) is 14.1. The van der Waals surface area contributed by atoms with E-state index < -0.39 is 12.1 Å². The number of carboxylic acids is 1. The van der Waals surface area contributed by atoms with Crippen molar-refractivity contribution in [2.75, 3.05) is 0 Å². The number of aliphatic hydroxyl groups is 1. The van der Waals surface area contributed by atoms with E-state index in [1.807, 2.05) is 54.6 Å². The zero-order chi connectivity index (χ0) is 15.5. The molecular weight excluding hydrogens is 280 g/mol. The van der Waals surface area contributed by atoms with Crippen molar-refractivity contribution in [3.63, 3.8) is 0 Å². The van der Waals surface area contributed by atoms with Crippen molar-refractivity contribution in [3.05, 3.63) is 72.5 Å². The third-order valence-electron chi connectivity index (χ3n) is 3.41. The Morgan fingerprint density at radius 2 is 1.41 bits per heavy atom. The molecule has 3 aromatic rings. The van der Waals surface area contributed by atoms with Gasteiger partial charge in [-0.25, -0.2) is 4.79 Å². The second kappa shape index (κ2) is 5.87. The molecule has 2 N–H and O–H groups in total. The summed E-state index contributed by atoms with van der Waals surface area (Å²) in [6.45, 7) is 0. The number of rotatable bonds is 4. The smallest absolute Gasteiger partial charge is 0.340 e. The second-order valence-electron chi connectivity index (χ2n) is 4.89. The number of carboxylic acid groups (broad SMARTS) is 1. The molecule has 22 heavy (non-hydrogen) atoms. The van der Waals surface area contributed by atoms with Gasteiger partial charge in [-0.3, -0.25) is 0 Å². The predicted octanol–water partition coefficient (Wildman–Crippen LogP) is 3.73. The van der Waals surface area contributed by atoms with E-state index in [1.165, 1.54) is 6.07 Å². The second-order valence-corrected chi connectivity index (χ2v) is 4.89. The van der Waals surface area contributed by atoms with Gasteiger partial charge in [0.15, 0.2) is 0 Å². The molecule has 1 aromatic heterocycles. The third-order valence-corrected chi connectivity index (χ3v) is 3.41. The summed E-state index contributed by atoms with van der Waals surface area (Å²) in [4.78, 5) is 10.7. The van der Waals surface area contributed by atoms with E-state index in [-0.39, 0.29) is 5.76 Å². The zero-order valence-corrected chi connectivity index (χ0v) is 11.6. The largest absolute Gasteiger partial charge is 0.479 e. The molecule has 3 rings (SSSR count). The highest BCUT2D eigenvalue weighted by molar-refractivity contribution is 5.74. The lowest BCUT2D eigenvalue weighted by atomic mass is 10.0. The van der Waals surface area contributed by atoms with E-state index in [9.17, 15) is 9.90 Å². The quantitative estimate of drug-likeness (QED) is 0.769. The SMILES string of the molecule is O=C(O)C(O)c1ccc(-c2ccc(-c3ccccc3)cc2)o1. The molecule has 0 aliphatic heterocycles. The van der Waals surface area contributed by atoms with Gasteiger partial charge in [-0.05, 0) is 23.3 Å². The molecule has 0 aliphatic rings. The molecule has 1 atom stereocenters. The summed E-state index contributed by atoms with van der Waals surface area (Å²) in [5.41, 5.74) is 3.03. The molecule has 2 aromatic carbocycles. The molecule has 0 radical (unpaired) electrons. The van der Waals surface area contributed by atoms with Gasteiger partial charge in [0.05, 0.1) is 0 Å². The van der Waals surface area contributed by atoms with Crippen molar-refractivity contribution in [1.29, 1.82) is 0 Å². The van der Waals surface area contributed by atoms with Crippen LogP contribution in [0.2, 0.25) is 0 Å². The normalized spacial score (nSPS) is 12.0. The Hall–Kier alpha value is -2.85. The maximum atomic E-state index is 10.7. The fourth-order valence-corrected chi connectivity index (χ4v) is 2.23. The molecule has 0 spiro atoms. The summed E-state index contributed by atoms with van der Waals surface area (Å²) in [6.07, 6.45) is -1.64. The van der Waals surface area contributed by atoms with Crippen LogP contribution < -0.4 is 0 Å². The number of carbonyl (C=O) groups is 1. The van der Waals surface area contributed by atoms with E-state index >= 15 is 0 Å². The Morgan fingerprint density at radius 3 is 2.05 bits per heavy atom. The van der Waals surface area contributed by atoms with Gasteiger partial charge in [0.25, 0.3) is 0 Å². The van der Waals surface area contributed by atoms with Crippen molar-refractivity contribution in [1.82, 2.24) is 0 Å². The fourth-order valence-electron chi connectivity index (χ4n) is 2.23. The van der Waals surface area contributed by atoms with Crippen LogP contribution >= 0.6 is 0 Å². The standard InChI is InChI=1S/C18H14O4/c19-17(18(20)21)16-11-10-15(22-16)14-8-6-13(7-9-14)12-4-2-1-3-5-12/h1-11,17,19H,(H,20,21). The first-order chi connectivity index (χ1) is 10.6. The molecule has 4 heteroatoms. The van der Waals surface area contributed by atoms with Gasteiger partial charge < -0.3 is 14.6 Å². The Balaban J connectivity index is 1.86. The van der Waals surface area contributed by atoms with Gasteiger partial charge in [0.1, 0.15) is 11.5 Å². The molecule has 0 aliphatic carbocycles. The molecule has 1 unspecified atom stereocenters. The molecular formula is C18H14O4. The van der Waals surface area contributed by atoms with Crippen LogP contribution in [0, 0.1) is 0 Å². The van der Waals surface area contributed by atoms with Crippen molar-refractivity contribution in [2.45, 2.75) is 6.10 Å². The van der Waals surface area contributed by atoms with Gasteiger partial charge in [0, 0.05) is 5.56 Å². The number of benzene rings is 2. The van der Waals surface area contributed by atoms with Crippen LogP contribution in [0.3, 0.4) is 0 Å². The summed E-state index contributed by atoms with van der Waals surface area (Å²) >= 11 is 0. The molecule has 4 nitrogen and oxygen atoms in total. The van der Waals surface area contributed by atoms with Crippen LogP contribution in [0.1, 0.15) is 11.9 Å². The van der Waals surface area contributed by atoms with E-state index in [0.717, 1.165) is 16.7 Å². The van der Waals surface area contributed by atoms with Crippen LogP contribution in [0.25, 0.3) is 22.5 Å². The molecule has 0 amide bonds. The number of furan rings is 1. The number of aliphatic carboxylic acids is 1. The molecule has 0 fully saturated rings. The first-order valence-corrected chi connectivity index (χ1v) is 6.81. The molecule has 0 saturated carbocycles. The van der Waals surface area contributed by atoms with Gasteiger partial charge in [-0.2, -0.15) is 0 Å². The molecule has 1 heterocycles. The Bertz CT molecular complexity index is 772. The van der Waals surface area contributed by atoms with Crippen molar-refractivity contribution >= 4 is 5.97 Å². The first-order valence-electron chi connectivity index (χ1n) is 6.81. The van der Waals surface area contributed by atoms with E-state index in [1.54, 1.807) is 6.07 Å². The van der Waals surface area contributed by atoms with E-state index in [2.05, 4.69) is 0 Å². The highest BCUT2D eigenvalue weighted by Gasteiger charge is 2.20. The minimum atomic E-state index is -1.64. The average molecular weight is 294 g/mol. The van der Waals surface area contributed by atoms with Crippen LogP contribution in [0.15, 0.2) is 71.1 Å². The van der Waals surface area contributed by atoms with Gasteiger partial charge in [-0.15, -0.1) is 0 Å². The van der Waals surface area contributed by atoms with Gasteiger partial charge in [-0.1, -0.05) is 54.6 Å². The summed E-state index contributed by atoms with van der Waals surface area (Å²) in [5.74, 6) is -0.787. The van der Waals surface area contributed by atoms with Crippen molar-refractivity contribution < 1.29 is 19.4 Å². The summed E-state index contributed by atoms with van der Waals surface area (Å²) < 4.78 is 5.41. The van der Waals surface area contributed by atoms with Crippen molar-refractivity contribution in [3.8, 4) is 22.5 Å². The minimum absolute atomic E-state index is 0.0228. The number of aliphatic hydroxyl groups excluding tert-OH is 1. The maximum Gasteiger partial charge on any atom is 0.340 e. The predicted molar refractivity (Wildman–Crippen MR) is 82.2 cm³/mol. The monoisotopic (exact) mass is 294 g/mol. The van der Waals surface area contributed by atoms with Gasteiger partial charge in [0.2, 0.25) is 6.10 Å². The molecule has 110 valence electrons. The fraction of sp³-hybridized carbons (Fsp3) is 0.0556. The third kappa shape index (κ3) is 2.77. The minimum Gasteiger partial charge on any atom is -0.479 e. The Kier molecular flexibility index (Phi) is 3.76. The summed E-state index contributed by atoms with van der Waals surface area (Å²) in [5, 5.41) is 18.2. The topological polar surface area (TPSA) is 70.7 Å². The Morgan fingerprint density at radius 1 is 0.818 bits per heavy atom. The highest BCUT2D eigenvalue weighted by Crippen LogP contribution is 2.28. The number of hydrogen-bond acceptors (Lipinski definition) is 3. The average Bonchev–Trinajstić information content (AvgIpc) is 3.05. The van der Waals surface area contributed by atoms with Gasteiger partial charge >= 0.3 is 5.97 Å². The van der Waals surface area contributed by atoms with Crippen LogP contribution in [-0.2, 0) is 4.79 Å². The molecule has 0 saturated heterocycles. The summed E-state index contributed by atoms with van der Waals surface area (Å²) in [6, 6.07) is 20.9. The van der Waals surface area contributed by atoms with Crippen molar-refractivity contribution in [2.24, 2.45) is 0 Å². The lowest BCUT2D eigenvalue weighted by Crippen LogP contribution is -2.09. The van der Waals surface area contributed by atoms with E-state index in [4.69, 9.17) is 9.52 Å². The highest BCUT2D eigenvalue weighted by atomic mass is 16.4. The van der Waals surface area contributed by atoms with Crippen LogP contribution in [-0.4, -0.2) is 16.2 Å². The lowest BCUT2D eigenvalue weighted by Gasteiger charge is -2.03. The lowest BCUT2D eigenvalue weighted by molar-refractivity contribution is -0.147. The summed E-state index contributed by atoms with van der Waals surface area (Å²) in [7, 11) is 0. The zero-order valence-electron chi connectivity index (χ0n) is 11.6. The van der Waals surface area contributed by atoms with E-state index in [0.29, 0.717) is 5.76 Å². The molecule has 0 bridgehead atoms. The van der Waals surface area contributed by atoms with Crippen LogP contribution in [0.5, 0.6) is 0 Å². The number of hydrogen-bond donors (Lipinski definition) is 2. The van der Waals surface area contributed by atoms with Crippen LogP contribution in [0.4, 0.5) is 0 Å². The maximum absolute atomic E-state index is 10.7. The Labute approximate surface area is 127 Å².